The lowest BCUT2D eigenvalue weighted by Crippen LogP contribution is -2.19. The number of ether oxygens (including phenoxy) is 3. The monoisotopic (exact) mass is 605 g/mol. The highest BCUT2D eigenvalue weighted by atomic mass is 35.5. The molecule has 0 aliphatic carbocycles. The number of rotatable bonds is 12. The molecule has 6 nitrogen and oxygen atoms in total. The van der Waals surface area contributed by atoms with E-state index in [1.165, 1.54) is 43.5 Å². The summed E-state index contributed by atoms with van der Waals surface area (Å²) in [7, 11) is -2.89. The lowest BCUT2D eigenvalue weighted by Gasteiger charge is -2.22. The van der Waals surface area contributed by atoms with Gasteiger partial charge in [-0.2, -0.15) is 13.2 Å². The van der Waals surface area contributed by atoms with Gasteiger partial charge in [-0.05, 0) is 55.3 Å². The number of methoxy groups -OCH3 is 1. The molecule has 12 heteroatoms. The topological polar surface area (TPSA) is 73.9 Å². The highest BCUT2D eigenvalue weighted by Gasteiger charge is 2.35. The van der Waals surface area contributed by atoms with Crippen LogP contribution in [0.1, 0.15) is 45.1 Å². The summed E-state index contributed by atoms with van der Waals surface area (Å²) in [5, 5.41) is 0.686. The fourth-order valence-corrected chi connectivity index (χ4v) is 5.40. The molecule has 0 unspecified atom stereocenters. The Kier molecular flexibility index (Phi) is 10.3. The maximum Gasteiger partial charge on any atom is 0.419 e. The van der Waals surface area contributed by atoms with E-state index in [9.17, 15) is 21.6 Å². The van der Waals surface area contributed by atoms with Crippen LogP contribution in [-0.4, -0.2) is 21.6 Å². The Morgan fingerprint density at radius 1 is 0.872 bits per heavy atom. The molecule has 0 fully saturated rings. The third kappa shape index (κ3) is 8.33. The van der Waals surface area contributed by atoms with Gasteiger partial charge in [-0.1, -0.05) is 49.9 Å². The molecule has 0 aliphatic heterocycles. The number of hydrogen-bond acceptors (Lipinski definition) is 5. The Labute approximate surface area is 236 Å². The first-order valence-electron chi connectivity index (χ1n) is 12.1. The van der Waals surface area contributed by atoms with Crippen molar-refractivity contribution in [2.24, 2.45) is 0 Å². The van der Waals surface area contributed by atoms with Crippen molar-refractivity contribution in [3.05, 3.63) is 70.2 Å². The van der Waals surface area contributed by atoms with Crippen LogP contribution in [0, 0.1) is 0 Å². The normalized spacial score (nSPS) is 11.9. The van der Waals surface area contributed by atoms with Crippen molar-refractivity contribution in [2.45, 2.75) is 56.7 Å². The van der Waals surface area contributed by atoms with Crippen LogP contribution < -0.4 is 18.9 Å². The minimum atomic E-state index is -4.67. The van der Waals surface area contributed by atoms with Crippen LogP contribution in [0.2, 0.25) is 10.0 Å². The fourth-order valence-electron chi connectivity index (χ4n) is 3.83. The summed E-state index contributed by atoms with van der Waals surface area (Å²) in [6.07, 6.45) is -2.52. The van der Waals surface area contributed by atoms with Gasteiger partial charge in [0.15, 0.2) is 11.5 Å². The van der Waals surface area contributed by atoms with E-state index < -0.39 is 33.6 Å². The first-order chi connectivity index (χ1) is 18.4. The summed E-state index contributed by atoms with van der Waals surface area (Å²) in [6, 6.07) is 11.3. The Balaban J connectivity index is 1.90. The molecular weight excluding hydrogens is 578 g/mol. The number of halogens is 5. The molecule has 212 valence electrons. The maximum absolute atomic E-state index is 13.7. The summed E-state index contributed by atoms with van der Waals surface area (Å²) in [4.78, 5) is -0.201. The van der Waals surface area contributed by atoms with Crippen LogP contribution in [0.3, 0.4) is 0 Å². The van der Waals surface area contributed by atoms with Crippen molar-refractivity contribution in [1.82, 2.24) is 0 Å². The fraction of sp³-hybridized carbons (Fsp3) is 0.333. The number of hydrogen-bond donors (Lipinski definition) is 1. The van der Waals surface area contributed by atoms with Crippen molar-refractivity contribution >= 4 is 38.9 Å². The number of nitrogens with one attached hydrogen (secondary N) is 1. The van der Waals surface area contributed by atoms with Gasteiger partial charge < -0.3 is 14.2 Å². The van der Waals surface area contributed by atoms with Gasteiger partial charge in [0.1, 0.15) is 11.5 Å². The second-order valence-corrected chi connectivity index (χ2v) is 11.2. The Morgan fingerprint density at radius 2 is 1.51 bits per heavy atom. The minimum Gasteiger partial charge on any atom is -0.493 e. The van der Waals surface area contributed by atoms with Crippen molar-refractivity contribution in [3.63, 3.8) is 0 Å². The van der Waals surface area contributed by atoms with Gasteiger partial charge in [-0.3, -0.25) is 4.72 Å². The van der Waals surface area contributed by atoms with Crippen LogP contribution in [0.4, 0.5) is 18.9 Å². The van der Waals surface area contributed by atoms with Gasteiger partial charge in [0, 0.05) is 22.2 Å². The average molecular weight is 606 g/mol. The predicted molar refractivity (Wildman–Crippen MR) is 146 cm³/mol. The molecule has 0 radical (unpaired) electrons. The smallest absolute Gasteiger partial charge is 0.419 e. The van der Waals surface area contributed by atoms with Gasteiger partial charge in [0.25, 0.3) is 10.0 Å². The van der Waals surface area contributed by atoms with Crippen LogP contribution in [0.5, 0.6) is 23.0 Å². The molecule has 0 saturated heterocycles. The highest BCUT2D eigenvalue weighted by Crippen LogP contribution is 2.40. The summed E-state index contributed by atoms with van der Waals surface area (Å²) >= 11 is 12.0. The van der Waals surface area contributed by atoms with Crippen molar-refractivity contribution in [1.29, 1.82) is 0 Å². The SMILES string of the molecule is CCCC(CCC)Oc1cc(NS(=O)(=O)c2ccc(Oc3cc(Cl)cc(Cl)c3)c(OC)c2)ccc1C(F)(F)F. The Hall–Kier alpha value is -2.82. The molecule has 0 heterocycles. The zero-order valence-electron chi connectivity index (χ0n) is 21.4. The van der Waals surface area contributed by atoms with Crippen LogP contribution >= 0.6 is 23.2 Å². The summed E-state index contributed by atoms with van der Waals surface area (Å²) in [5.41, 5.74) is -1.07. The van der Waals surface area contributed by atoms with Gasteiger partial charge in [0.2, 0.25) is 0 Å². The van der Waals surface area contributed by atoms with E-state index in [1.807, 2.05) is 13.8 Å². The van der Waals surface area contributed by atoms with E-state index in [0.29, 0.717) is 28.6 Å². The van der Waals surface area contributed by atoms with E-state index in [4.69, 9.17) is 37.4 Å². The number of alkyl halides is 3. The molecule has 0 atom stereocenters. The Bertz CT molecular complexity index is 1370. The summed E-state index contributed by atoms with van der Waals surface area (Å²) in [6.45, 7) is 3.83. The summed E-state index contributed by atoms with van der Waals surface area (Å²) < 4.78 is 86.4. The molecule has 3 aromatic carbocycles. The molecular formula is C27H28Cl2F3NO5S. The van der Waals surface area contributed by atoms with Crippen molar-refractivity contribution in [3.8, 4) is 23.0 Å². The second-order valence-electron chi connectivity index (χ2n) is 8.65. The standard InChI is InChI=1S/C27H28Cl2F3NO5S/c1-4-6-20(7-5-2)37-25-15-19(8-10-23(25)27(30,31)32)33-39(34,35)22-9-11-24(26(16-22)36-3)38-21-13-17(28)12-18(29)14-21/h8-16,20,33H,4-7H2,1-3H3. The zero-order valence-corrected chi connectivity index (χ0v) is 23.8. The third-order valence-corrected chi connectivity index (χ3v) is 7.38. The molecule has 1 N–H and O–H groups in total. The lowest BCUT2D eigenvalue weighted by molar-refractivity contribution is -0.139. The number of sulfonamides is 1. The van der Waals surface area contributed by atoms with Gasteiger partial charge in [-0.15, -0.1) is 0 Å². The molecule has 3 rings (SSSR count). The van der Waals surface area contributed by atoms with E-state index in [1.54, 1.807) is 0 Å². The van der Waals surface area contributed by atoms with Crippen LogP contribution in [0.15, 0.2) is 59.5 Å². The minimum absolute atomic E-state index is 0.0855. The van der Waals surface area contributed by atoms with E-state index in [-0.39, 0.29) is 22.1 Å². The molecule has 0 spiro atoms. The largest absolute Gasteiger partial charge is 0.493 e. The molecule has 0 aliphatic rings. The molecule has 39 heavy (non-hydrogen) atoms. The van der Waals surface area contributed by atoms with Crippen molar-refractivity contribution in [2.75, 3.05) is 11.8 Å². The molecule has 3 aromatic rings. The number of benzene rings is 3. The Morgan fingerprint density at radius 3 is 2.08 bits per heavy atom. The zero-order chi connectivity index (χ0) is 28.8. The van der Waals surface area contributed by atoms with Gasteiger partial charge in [0.05, 0.1) is 29.4 Å². The van der Waals surface area contributed by atoms with Crippen molar-refractivity contribution < 1.29 is 35.8 Å². The van der Waals surface area contributed by atoms with E-state index in [0.717, 1.165) is 31.0 Å². The quantitative estimate of drug-likeness (QED) is 0.223. The molecule has 0 aromatic heterocycles. The van der Waals surface area contributed by atoms with Gasteiger partial charge >= 0.3 is 6.18 Å². The van der Waals surface area contributed by atoms with E-state index in [2.05, 4.69) is 4.72 Å². The lowest BCUT2D eigenvalue weighted by atomic mass is 10.1. The van der Waals surface area contributed by atoms with Crippen LogP contribution in [0.25, 0.3) is 0 Å². The predicted octanol–water partition coefficient (Wildman–Crippen LogP) is 8.96. The molecule has 0 bridgehead atoms. The molecule has 0 saturated carbocycles. The average Bonchev–Trinajstić information content (AvgIpc) is 2.83. The second kappa shape index (κ2) is 13.0. The third-order valence-electron chi connectivity index (χ3n) is 5.56. The first kappa shape index (κ1) is 30.7. The van der Waals surface area contributed by atoms with E-state index >= 15 is 0 Å². The highest BCUT2D eigenvalue weighted by molar-refractivity contribution is 7.92. The maximum atomic E-state index is 13.7. The summed E-state index contributed by atoms with van der Waals surface area (Å²) in [5.74, 6) is 0.155. The number of anilines is 1. The van der Waals surface area contributed by atoms with Gasteiger partial charge in [-0.25, -0.2) is 8.42 Å². The molecule has 0 amide bonds. The van der Waals surface area contributed by atoms with Crippen LogP contribution in [-0.2, 0) is 16.2 Å². The first-order valence-corrected chi connectivity index (χ1v) is 14.3.